The van der Waals surface area contributed by atoms with Gasteiger partial charge in [0, 0.05) is 36.6 Å². The first kappa shape index (κ1) is 14.3. The molecule has 102 valence electrons. The molecule has 1 N–H and O–H groups in total. The normalized spacial score (nSPS) is 25.8. The quantitative estimate of drug-likeness (QED) is 0.910. The van der Waals surface area contributed by atoms with E-state index < -0.39 is 0 Å². The van der Waals surface area contributed by atoms with Crippen LogP contribution in [0.1, 0.15) is 32.1 Å². The summed E-state index contributed by atoms with van der Waals surface area (Å²) >= 11 is 7.70. The van der Waals surface area contributed by atoms with E-state index in [-0.39, 0.29) is 0 Å². The van der Waals surface area contributed by atoms with Crippen LogP contribution in [-0.4, -0.2) is 30.1 Å². The Morgan fingerprint density at radius 2 is 2.28 bits per heavy atom. The summed E-state index contributed by atoms with van der Waals surface area (Å²) in [6.07, 6.45) is 1.26. The van der Waals surface area contributed by atoms with Crippen molar-refractivity contribution in [3.63, 3.8) is 0 Å². The van der Waals surface area contributed by atoms with Crippen molar-refractivity contribution in [1.29, 1.82) is 0 Å². The van der Waals surface area contributed by atoms with E-state index in [1.807, 2.05) is 6.07 Å². The number of hydrogen-bond donors (Lipinski definition) is 1. The maximum Gasteiger partial charge on any atom is 0.0931 e. The third kappa shape index (κ3) is 3.95. The second-order valence-corrected chi connectivity index (χ2v) is 7.52. The van der Waals surface area contributed by atoms with Gasteiger partial charge in [0.15, 0.2) is 0 Å². The molecular weight excluding hydrogens is 264 g/mol. The van der Waals surface area contributed by atoms with E-state index in [0.29, 0.717) is 12.1 Å². The Balaban J connectivity index is 1.93. The summed E-state index contributed by atoms with van der Waals surface area (Å²) in [5.41, 5.74) is 0. The Morgan fingerprint density at radius 1 is 1.50 bits per heavy atom. The molecule has 0 amide bonds. The summed E-state index contributed by atoms with van der Waals surface area (Å²) in [6.45, 7) is 10.2. The number of rotatable bonds is 4. The van der Waals surface area contributed by atoms with Gasteiger partial charge < -0.3 is 5.32 Å². The summed E-state index contributed by atoms with van der Waals surface area (Å²) in [4.78, 5) is 3.95. The number of halogens is 1. The van der Waals surface area contributed by atoms with Crippen LogP contribution in [0.2, 0.25) is 4.34 Å². The van der Waals surface area contributed by atoms with Crippen molar-refractivity contribution in [2.24, 2.45) is 5.92 Å². The number of nitrogens with zero attached hydrogens (tertiary/aromatic N) is 1. The molecule has 0 aliphatic carbocycles. The topological polar surface area (TPSA) is 15.3 Å². The minimum absolute atomic E-state index is 0.606. The molecule has 0 bridgehead atoms. The fourth-order valence-corrected chi connectivity index (χ4v) is 3.69. The molecule has 0 radical (unpaired) electrons. The van der Waals surface area contributed by atoms with Gasteiger partial charge in [-0.15, -0.1) is 11.3 Å². The maximum atomic E-state index is 6.00. The lowest BCUT2D eigenvalue weighted by Gasteiger charge is -2.39. The molecule has 1 saturated heterocycles. The average molecular weight is 287 g/mol. The van der Waals surface area contributed by atoms with Crippen LogP contribution in [0.3, 0.4) is 0 Å². The Morgan fingerprint density at radius 3 is 2.89 bits per heavy atom. The van der Waals surface area contributed by atoms with Gasteiger partial charge >= 0.3 is 0 Å². The zero-order valence-corrected chi connectivity index (χ0v) is 13.0. The second-order valence-electron chi connectivity index (χ2n) is 5.72. The Kier molecular flexibility index (Phi) is 5.07. The Bertz CT molecular complexity index is 378. The predicted octanol–water partition coefficient (Wildman–Crippen LogP) is 3.61. The van der Waals surface area contributed by atoms with Crippen molar-refractivity contribution in [3.8, 4) is 0 Å². The monoisotopic (exact) mass is 286 g/mol. The van der Waals surface area contributed by atoms with Crippen LogP contribution in [0.25, 0.3) is 0 Å². The maximum absolute atomic E-state index is 6.00. The van der Waals surface area contributed by atoms with Crippen LogP contribution < -0.4 is 5.32 Å². The van der Waals surface area contributed by atoms with Gasteiger partial charge in [-0.3, -0.25) is 4.90 Å². The molecule has 4 heteroatoms. The third-order valence-electron chi connectivity index (χ3n) is 3.52. The van der Waals surface area contributed by atoms with Gasteiger partial charge in [0.25, 0.3) is 0 Å². The summed E-state index contributed by atoms with van der Waals surface area (Å²) in [7, 11) is 0. The zero-order chi connectivity index (χ0) is 13.1. The number of thiophene rings is 1. The van der Waals surface area contributed by atoms with Crippen molar-refractivity contribution in [3.05, 3.63) is 21.3 Å². The minimum atomic E-state index is 0.606. The van der Waals surface area contributed by atoms with E-state index >= 15 is 0 Å². The molecule has 2 heterocycles. The molecule has 2 nitrogen and oxygen atoms in total. The van der Waals surface area contributed by atoms with Crippen LogP contribution in [-0.2, 0) is 6.54 Å². The molecule has 1 aromatic rings. The second kappa shape index (κ2) is 6.38. The van der Waals surface area contributed by atoms with Crippen molar-refractivity contribution < 1.29 is 0 Å². The first-order chi connectivity index (χ1) is 8.54. The predicted molar refractivity (Wildman–Crippen MR) is 80.4 cm³/mol. The highest BCUT2D eigenvalue weighted by atomic mass is 35.5. The number of hydrogen-bond acceptors (Lipinski definition) is 3. The van der Waals surface area contributed by atoms with Gasteiger partial charge in [-0.2, -0.15) is 0 Å². The van der Waals surface area contributed by atoms with Crippen LogP contribution in [0.15, 0.2) is 12.1 Å². The van der Waals surface area contributed by atoms with Crippen molar-refractivity contribution >= 4 is 22.9 Å². The third-order valence-corrected chi connectivity index (χ3v) is 4.74. The smallest absolute Gasteiger partial charge is 0.0931 e. The highest BCUT2D eigenvalue weighted by Gasteiger charge is 2.25. The fraction of sp³-hybridized carbons (Fsp3) is 0.714. The van der Waals surface area contributed by atoms with E-state index in [4.69, 9.17) is 11.6 Å². The van der Waals surface area contributed by atoms with Crippen LogP contribution in [0.5, 0.6) is 0 Å². The van der Waals surface area contributed by atoms with Crippen molar-refractivity contribution in [2.75, 3.05) is 13.1 Å². The zero-order valence-electron chi connectivity index (χ0n) is 11.4. The lowest BCUT2D eigenvalue weighted by atomic mass is 10.00. The van der Waals surface area contributed by atoms with Crippen LogP contribution in [0.4, 0.5) is 0 Å². The molecule has 1 fully saturated rings. The van der Waals surface area contributed by atoms with Gasteiger partial charge in [0.1, 0.15) is 0 Å². The van der Waals surface area contributed by atoms with E-state index in [1.54, 1.807) is 11.3 Å². The average Bonchev–Trinajstić information content (AvgIpc) is 2.68. The molecule has 0 saturated carbocycles. The molecule has 1 aromatic heterocycles. The summed E-state index contributed by atoms with van der Waals surface area (Å²) < 4.78 is 0.895. The van der Waals surface area contributed by atoms with Gasteiger partial charge in [-0.05, 0) is 31.4 Å². The standard InChI is InChI=1S/C14H23ClN2S/c1-10(2)6-12-8-17(11(3)7-16-12)9-13-4-5-14(15)18-13/h4-5,10-12,16H,6-9H2,1-3H3. The Labute approximate surface area is 119 Å². The lowest BCUT2D eigenvalue weighted by molar-refractivity contribution is 0.126. The molecule has 0 spiro atoms. The molecule has 18 heavy (non-hydrogen) atoms. The molecule has 2 unspecified atom stereocenters. The number of nitrogens with one attached hydrogen (secondary N) is 1. The van der Waals surface area contributed by atoms with Crippen LogP contribution in [0, 0.1) is 5.92 Å². The van der Waals surface area contributed by atoms with Gasteiger partial charge in [0.05, 0.1) is 4.34 Å². The van der Waals surface area contributed by atoms with E-state index in [0.717, 1.165) is 29.9 Å². The van der Waals surface area contributed by atoms with E-state index in [9.17, 15) is 0 Å². The first-order valence-electron chi connectivity index (χ1n) is 6.76. The van der Waals surface area contributed by atoms with Gasteiger partial charge in [-0.25, -0.2) is 0 Å². The first-order valence-corrected chi connectivity index (χ1v) is 7.95. The largest absolute Gasteiger partial charge is 0.311 e. The summed E-state index contributed by atoms with van der Waals surface area (Å²) in [5, 5.41) is 3.66. The molecule has 2 atom stereocenters. The minimum Gasteiger partial charge on any atom is -0.311 e. The highest BCUT2D eigenvalue weighted by Crippen LogP contribution is 2.24. The van der Waals surface area contributed by atoms with Crippen molar-refractivity contribution in [2.45, 2.75) is 45.8 Å². The SMILES string of the molecule is CC(C)CC1CN(Cc2ccc(Cl)s2)C(C)CN1. The molecule has 1 aliphatic heterocycles. The van der Waals surface area contributed by atoms with Gasteiger partial charge in [0.2, 0.25) is 0 Å². The molecule has 1 aliphatic rings. The molecule has 2 rings (SSSR count). The lowest BCUT2D eigenvalue weighted by Crippen LogP contribution is -2.55. The van der Waals surface area contributed by atoms with Gasteiger partial charge in [-0.1, -0.05) is 25.4 Å². The number of piperazine rings is 1. The summed E-state index contributed by atoms with van der Waals surface area (Å²) in [6, 6.07) is 5.39. The van der Waals surface area contributed by atoms with E-state index in [1.165, 1.54) is 11.3 Å². The summed E-state index contributed by atoms with van der Waals surface area (Å²) in [5.74, 6) is 0.758. The Hall–Kier alpha value is -0.0900. The highest BCUT2D eigenvalue weighted by molar-refractivity contribution is 7.16. The molecule has 0 aromatic carbocycles. The van der Waals surface area contributed by atoms with Crippen molar-refractivity contribution in [1.82, 2.24) is 10.2 Å². The fourth-order valence-electron chi connectivity index (χ4n) is 2.58. The molecular formula is C14H23ClN2S. The van der Waals surface area contributed by atoms with E-state index in [2.05, 4.69) is 37.1 Å². The van der Waals surface area contributed by atoms with Crippen LogP contribution >= 0.6 is 22.9 Å².